The predicted octanol–water partition coefficient (Wildman–Crippen LogP) is 4.87. The van der Waals surface area contributed by atoms with Gasteiger partial charge in [-0.1, -0.05) is 65.9 Å². The fourth-order valence-electron chi connectivity index (χ4n) is 3.40. The number of fused-ring (bicyclic) bond motifs is 1. The van der Waals surface area contributed by atoms with Crippen molar-refractivity contribution in [2.45, 2.75) is 26.4 Å². The summed E-state index contributed by atoms with van der Waals surface area (Å²) in [6.07, 6.45) is 0. The molecule has 2 aliphatic rings. The van der Waals surface area contributed by atoms with E-state index in [0.717, 1.165) is 16.8 Å². The zero-order valence-electron chi connectivity index (χ0n) is 15.3. The van der Waals surface area contributed by atoms with Crippen LogP contribution in [0.3, 0.4) is 0 Å². The Morgan fingerprint density at radius 3 is 2.36 bits per heavy atom. The minimum Gasteiger partial charge on any atom is -0.303 e. The number of thiocarbonyl (C=S) groups is 1. The summed E-state index contributed by atoms with van der Waals surface area (Å²) in [6, 6.07) is 14.9. The molecule has 0 atom stereocenters. The quantitative estimate of drug-likeness (QED) is 0.516. The number of rotatable bonds is 3. The Bertz CT molecular complexity index is 1030. The van der Waals surface area contributed by atoms with Gasteiger partial charge in [0.1, 0.15) is 4.32 Å². The van der Waals surface area contributed by atoms with Crippen LogP contribution in [-0.4, -0.2) is 27.1 Å². The lowest BCUT2D eigenvalue weighted by Gasteiger charge is -2.18. The first-order valence-corrected chi connectivity index (χ1v) is 10.4. The number of thioether (sulfide) groups is 1. The Hall–Kier alpha value is -2.15. The van der Waals surface area contributed by atoms with Gasteiger partial charge in [0.25, 0.3) is 11.8 Å². The van der Waals surface area contributed by atoms with E-state index in [1.165, 1.54) is 11.8 Å². The van der Waals surface area contributed by atoms with Crippen LogP contribution in [0.25, 0.3) is 5.57 Å². The molecule has 7 heteroatoms. The second kappa shape index (κ2) is 7.35. The van der Waals surface area contributed by atoms with E-state index in [-0.39, 0.29) is 17.9 Å². The molecule has 2 heterocycles. The van der Waals surface area contributed by atoms with Crippen LogP contribution in [0.2, 0.25) is 5.02 Å². The lowest BCUT2D eigenvalue weighted by Crippen LogP contribution is -2.34. The number of anilines is 1. The average molecular weight is 429 g/mol. The molecule has 0 aliphatic carbocycles. The number of benzene rings is 2. The molecule has 4 rings (SSSR count). The summed E-state index contributed by atoms with van der Waals surface area (Å²) in [5, 5.41) is 0.648. The molecule has 142 valence electrons. The molecule has 2 aromatic carbocycles. The third-order valence-corrected chi connectivity index (χ3v) is 6.37. The Kier molecular flexibility index (Phi) is 5.04. The van der Waals surface area contributed by atoms with Crippen molar-refractivity contribution in [2.24, 2.45) is 0 Å². The number of para-hydroxylation sites is 1. The SMILES string of the molecule is CC(C)N1C(=O)C(=C2C(=O)N(Cc3ccc(Cl)cc3)c3ccccc32)SC1=S. The van der Waals surface area contributed by atoms with E-state index in [2.05, 4.69) is 0 Å². The van der Waals surface area contributed by atoms with E-state index in [0.29, 0.717) is 26.4 Å². The van der Waals surface area contributed by atoms with Crippen LogP contribution in [0.5, 0.6) is 0 Å². The summed E-state index contributed by atoms with van der Waals surface area (Å²) in [5.74, 6) is -0.378. The van der Waals surface area contributed by atoms with Crippen LogP contribution in [0.15, 0.2) is 53.4 Å². The van der Waals surface area contributed by atoms with Crippen molar-refractivity contribution in [1.29, 1.82) is 0 Å². The van der Waals surface area contributed by atoms with Crippen LogP contribution < -0.4 is 4.90 Å². The van der Waals surface area contributed by atoms with Crippen molar-refractivity contribution >= 4 is 63.0 Å². The van der Waals surface area contributed by atoms with E-state index in [4.69, 9.17) is 23.8 Å². The first-order valence-electron chi connectivity index (χ1n) is 8.84. The van der Waals surface area contributed by atoms with Gasteiger partial charge in [-0.15, -0.1) is 0 Å². The lowest BCUT2D eigenvalue weighted by atomic mass is 10.1. The number of hydrogen-bond donors (Lipinski definition) is 0. The molecule has 28 heavy (non-hydrogen) atoms. The summed E-state index contributed by atoms with van der Waals surface area (Å²) >= 11 is 12.6. The van der Waals surface area contributed by atoms with Crippen molar-refractivity contribution in [3.63, 3.8) is 0 Å². The molecule has 0 saturated carbocycles. The van der Waals surface area contributed by atoms with Gasteiger partial charge < -0.3 is 4.90 Å². The smallest absolute Gasteiger partial charge is 0.267 e. The standard InChI is InChI=1S/C21H17ClN2O2S2/c1-12(2)24-20(26)18(28-21(24)27)17-15-5-3-4-6-16(15)23(19(17)25)11-13-7-9-14(22)10-8-13/h3-10,12H,11H2,1-2H3. The summed E-state index contributed by atoms with van der Waals surface area (Å²) in [6.45, 7) is 4.23. The fourth-order valence-corrected chi connectivity index (χ4v) is 5.13. The highest BCUT2D eigenvalue weighted by molar-refractivity contribution is 8.26. The number of nitrogens with zero attached hydrogens (tertiary/aromatic N) is 2. The Morgan fingerprint density at radius 2 is 1.71 bits per heavy atom. The molecule has 2 aromatic rings. The summed E-state index contributed by atoms with van der Waals surface area (Å²) in [7, 11) is 0. The van der Waals surface area contributed by atoms with E-state index in [1.54, 1.807) is 21.9 Å². The first-order chi connectivity index (χ1) is 13.4. The zero-order chi connectivity index (χ0) is 20.0. The second-order valence-corrected chi connectivity index (χ2v) is 8.96. The van der Waals surface area contributed by atoms with Gasteiger partial charge in [0.05, 0.1) is 22.7 Å². The van der Waals surface area contributed by atoms with Crippen LogP contribution in [0, 0.1) is 0 Å². The highest BCUT2D eigenvalue weighted by Crippen LogP contribution is 2.45. The molecular formula is C21H17ClN2O2S2. The van der Waals surface area contributed by atoms with Gasteiger partial charge in [-0.25, -0.2) is 0 Å². The zero-order valence-corrected chi connectivity index (χ0v) is 17.7. The van der Waals surface area contributed by atoms with Gasteiger partial charge in [0.15, 0.2) is 0 Å². The molecule has 0 unspecified atom stereocenters. The topological polar surface area (TPSA) is 40.6 Å². The largest absolute Gasteiger partial charge is 0.303 e. The molecule has 0 spiro atoms. The molecule has 2 amide bonds. The summed E-state index contributed by atoms with van der Waals surface area (Å²) in [5.41, 5.74) is 2.96. The van der Waals surface area contributed by atoms with Gasteiger partial charge in [-0.2, -0.15) is 0 Å². The van der Waals surface area contributed by atoms with Crippen LogP contribution in [-0.2, 0) is 16.1 Å². The van der Waals surface area contributed by atoms with E-state index < -0.39 is 0 Å². The van der Waals surface area contributed by atoms with Gasteiger partial charge in [-0.05, 0) is 37.6 Å². The monoisotopic (exact) mass is 428 g/mol. The molecule has 0 N–H and O–H groups in total. The molecule has 0 aromatic heterocycles. The van der Waals surface area contributed by atoms with Gasteiger partial charge >= 0.3 is 0 Å². The molecule has 1 fully saturated rings. The van der Waals surface area contributed by atoms with Crippen LogP contribution >= 0.6 is 35.6 Å². The Balaban J connectivity index is 1.78. The first kappa shape index (κ1) is 19.2. The van der Waals surface area contributed by atoms with E-state index in [9.17, 15) is 9.59 Å². The normalized spacial score (nSPS) is 19.2. The van der Waals surface area contributed by atoms with Gasteiger partial charge in [-0.3, -0.25) is 14.5 Å². The summed E-state index contributed by atoms with van der Waals surface area (Å²) in [4.78, 5) is 30.0. The maximum absolute atomic E-state index is 13.4. The summed E-state index contributed by atoms with van der Waals surface area (Å²) < 4.78 is 0.490. The predicted molar refractivity (Wildman–Crippen MR) is 118 cm³/mol. The van der Waals surface area contributed by atoms with Crippen LogP contribution in [0.1, 0.15) is 25.0 Å². The highest BCUT2D eigenvalue weighted by Gasteiger charge is 2.42. The minimum absolute atomic E-state index is 0.0532. The van der Waals surface area contributed by atoms with Crippen molar-refractivity contribution < 1.29 is 9.59 Å². The maximum atomic E-state index is 13.4. The van der Waals surface area contributed by atoms with Crippen LogP contribution in [0.4, 0.5) is 5.69 Å². The number of halogens is 1. The van der Waals surface area contributed by atoms with E-state index >= 15 is 0 Å². The van der Waals surface area contributed by atoms with Gasteiger partial charge in [0.2, 0.25) is 0 Å². The van der Waals surface area contributed by atoms with Crippen molar-refractivity contribution in [3.8, 4) is 0 Å². The number of carbonyl (C=O) groups excluding carboxylic acids is 2. The second-order valence-electron chi connectivity index (χ2n) is 6.88. The third kappa shape index (κ3) is 3.15. The minimum atomic E-state index is -0.198. The van der Waals surface area contributed by atoms with Crippen molar-refractivity contribution in [2.75, 3.05) is 4.90 Å². The van der Waals surface area contributed by atoms with Gasteiger partial charge in [0, 0.05) is 16.6 Å². The van der Waals surface area contributed by atoms with Crippen molar-refractivity contribution in [1.82, 2.24) is 4.90 Å². The average Bonchev–Trinajstić information content (AvgIpc) is 3.10. The third-order valence-electron chi connectivity index (χ3n) is 4.72. The number of carbonyl (C=O) groups is 2. The Labute approximate surface area is 178 Å². The fraction of sp³-hybridized carbons (Fsp3) is 0.190. The molecule has 1 saturated heterocycles. The molecular weight excluding hydrogens is 412 g/mol. The van der Waals surface area contributed by atoms with Crippen molar-refractivity contribution in [3.05, 3.63) is 69.6 Å². The number of hydrogen-bond acceptors (Lipinski definition) is 4. The maximum Gasteiger partial charge on any atom is 0.267 e. The highest BCUT2D eigenvalue weighted by atomic mass is 35.5. The van der Waals surface area contributed by atoms with E-state index in [1.807, 2.05) is 50.2 Å². The molecule has 0 radical (unpaired) electrons. The molecule has 4 nitrogen and oxygen atoms in total. The number of amides is 2. The lowest BCUT2D eigenvalue weighted by molar-refractivity contribution is -0.123. The molecule has 0 bridgehead atoms. The Morgan fingerprint density at radius 1 is 1.04 bits per heavy atom. The molecule has 2 aliphatic heterocycles.